The Morgan fingerprint density at radius 1 is 1.00 bits per heavy atom. The van der Waals surface area contributed by atoms with Crippen molar-refractivity contribution < 1.29 is 32.2 Å². The zero-order valence-corrected chi connectivity index (χ0v) is 15.4. The molecule has 0 saturated heterocycles. The van der Waals surface area contributed by atoms with Gasteiger partial charge in [0.05, 0.1) is 10.6 Å². The summed E-state index contributed by atoms with van der Waals surface area (Å²) in [5, 5.41) is 4.33. The molecule has 6 nitrogen and oxygen atoms in total. The van der Waals surface area contributed by atoms with Crippen LogP contribution in [0, 0.1) is 0 Å². The first-order chi connectivity index (χ1) is 13.1. The first kappa shape index (κ1) is 21.4. The molecule has 0 spiro atoms. The lowest BCUT2D eigenvalue weighted by Crippen LogP contribution is -2.18. The zero-order chi connectivity index (χ0) is 20.7. The van der Waals surface area contributed by atoms with Crippen LogP contribution in [-0.4, -0.2) is 25.2 Å². The number of carbonyl (C=O) groups is 2. The Bertz CT molecular complexity index is 842. The fourth-order valence-electron chi connectivity index (χ4n) is 2.11. The first-order valence-corrected chi connectivity index (χ1v) is 8.34. The van der Waals surface area contributed by atoms with Gasteiger partial charge in [-0.25, -0.2) is 4.79 Å². The summed E-state index contributed by atoms with van der Waals surface area (Å²) in [5.41, 5.74) is -0.550. The minimum absolute atomic E-state index is 0.0291. The van der Waals surface area contributed by atoms with Crippen molar-refractivity contribution in [2.75, 3.05) is 23.8 Å². The second kappa shape index (κ2) is 9.32. The number of halogens is 4. The van der Waals surface area contributed by atoms with Crippen LogP contribution in [-0.2, 0) is 15.7 Å². The summed E-state index contributed by atoms with van der Waals surface area (Å²) in [6.45, 7) is 1.29. The van der Waals surface area contributed by atoms with Gasteiger partial charge < -0.3 is 14.8 Å². The zero-order valence-electron chi connectivity index (χ0n) is 14.6. The van der Waals surface area contributed by atoms with E-state index in [4.69, 9.17) is 21.1 Å². The Hall–Kier alpha value is -2.94. The van der Waals surface area contributed by atoms with E-state index in [9.17, 15) is 22.8 Å². The second-order valence-electron chi connectivity index (χ2n) is 5.51. The Labute approximate surface area is 163 Å². The summed E-state index contributed by atoms with van der Waals surface area (Å²) in [6.07, 6.45) is -5.57. The Morgan fingerprint density at radius 2 is 1.64 bits per heavy atom. The Kier molecular flexibility index (Phi) is 7.11. The standard InChI is InChI=1S/C18H16ClF3N2O4/c1-11(25)23-12-2-5-14(6-3-12)27-8-9-28-17(26)24-13-4-7-16(19)15(10-13)18(20,21)22/h2-7,10H,8-9H2,1H3,(H,23,25)(H,24,26). The van der Waals surface area contributed by atoms with Crippen LogP contribution in [0.25, 0.3) is 0 Å². The van der Waals surface area contributed by atoms with Crippen molar-refractivity contribution in [1.29, 1.82) is 0 Å². The molecular formula is C18H16ClF3N2O4. The van der Waals surface area contributed by atoms with Gasteiger partial charge in [0.25, 0.3) is 0 Å². The van der Waals surface area contributed by atoms with Gasteiger partial charge in [-0.15, -0.1) is 0 Å². The molecule has 0 radical (unpaired) electrons. The summed E-state index contributed by atoms with van der Waals surface area (Å²) < 4.78 is 48.6. The Balaban J connectivity index is 1.78. The molecule has 2 N–H and O–H groups in total. The second-order valence-corrected chi connectivity index (χ2v) is 5.91. The minimum Gasteiger partial charge on any atom is -0.490 e. The largest absolute Gasteiger partial charge is 0.490 e. The van der Waals surface area contributed by atoms with Crippen LogP contribution in [0.2, 0.25) is 5.02 Å². The maximum atomic E-state index is 12.8. The number of alkyl halides is 3. The summed E-state index contributed by atoms with van der Waals surface area (Å²) >= 11 is 5.51. The third-order valence-corrected chi connectivity index (χ3v) is 3.61. The maximum Gasteiger partial charge on any atom is 0.417 e. The number of benzene rings is 2. The van der Waals surface area contributed by atoms with Gasteiger partial charge in [-0.05, 0) is 42.5 Å². The third kappa shape index (κ3) is 6.66. The molecule has 0 unspecified atom stereocenters. The van der Waals surface area contributed by atoms with Crippen LogP contribution in [0.4, 0.5) is 29.3 Å². The van der Waals surface area contributed by atoms with Crippen molar-refractivity contribution in [3.8, 4) is 5.75 Å². The van der Waals surface area contributed by atoms with E-state index in [0.717, 1.165) is 12.1 Å². The molecule has 0 aliphatic heterocycles. The molecule has 0 aliphatic rings. The number of hydrogen-bond acceptors (Lipinski definition) is 4. The van der Waals surface area contributed by atoms with E-state index in [0.29, 0.717) is 11.4 Å². The molecule has 0 saturated carbocycles. The number of anilines is 2. The van der Waals surface area contributed by atoms with Gasteiger partial charge in [-0.3, -0.25) is 10.1 Å². The van der Waals surface area contributed by atoms with Gasteiger partial charge in [0.2, 0.25) is 5.91 Å². The topological polar surface area (TPSA) is 76.7 Å². The molecule has 0 aromatic heterocycles. The molecule has 0 aliphatic carbocycles. The van der Waals surface area contributed by atoms with Gasteiger partial charge in [-0.2, -0.15) is 13.2 Å². The van der Waals surface area contributed by atoms with Crippen LogP contribution >= 0.6 is 11.6 Å². The number of amides is 2. The van der Waals surface area contributed by atoms with Gasteiger partial charge in [0.1, 0.15) is 19.0 Å². The lowest BCUT2D eigenvalue weighted by Gasteiger charge is -2.12. The number of rotatable bonds is 6. The lowest BCUT2D eigenvalue weighted by atomic mass is 10.2. The molecule has 10 heteroatoms. The number of hydrogen-bond donors (Lipinski definition) is 2. The summed E-state index contributed by atoms with van der Waals surface area (Å²) in [5.74, 6) is 0.293. The van der Waals surface area contributed by atoms with Gasteiger partial charge in [0.15, 0.2) is 0 Å². The number of ether oxygens (including phenoxy) is 2. The molecule has 0 fully saturated rings. The highest BCUT2D eigenvalue weighted by Gasteiger charge is 2.33. The maximum absolute atomic E-state index is 12.8. The van der Waals surface area contributed by atoms with Crippen molar-refractivity contribution in [2.45, 2.75) is 13.1 Å². The van der Waals surface area contributed by atoms with E-state index in [1.807, 2.05) is 0 Å². The van der Waals surface area contributed by atoms with Gasteiger partial charge >= 0.3 is 12.3 Å². The monoisotopic (exact) mass is 416 g/mol. The van der Waals surface area contributed by atoms with Gasteiger partial charge in [0, 0.05) is 18.3 Å². The summed E-state index contributed by atoms with van der Waals surface area (Å²) in [7, 11) is 0. The fraction of sp³-hybridized carbons (Fsp3) is 0.222. The quantitative estimate of drug-likeness (QED) is 0.653. The molecular weight excluding hydrogens is 401 g/mol. The average Bonchev–Trinajstić information content (AvgIpc) is 2.60. The van der Waals surface area contributed by atoms with E-state index in [-0.39, 0.29) is 24.8 Å². The van der Waals surface area contributed by atoms with Crippen LogP contribution in [0.3, 0.4) is 0 Å². The SMILES string of the molecule is CC(=O)Nc1ccc(OCCOC(=O)Nc2ccc(Cl)c(C(F)(F)F)c2)cc1. The molecule has 2 aromatic rings. The van der Waals surface area contributed by atoms with Crippen LogP contribution < -0.4 is 15.4 Å². The highest BCUT2D eigenvalue weighted by Crippen LogP contribution is 2.36. The van der Waals surface area contributed by atoms with Crippen molar-refractivity contribution in [1.82, 2.24) is 0 Å². The molecule has 0 bridgehead atoms. The molecule has 2 amide bonds. The highest BCUT2D eigenvalue weighted by atomic mass is 35.5. The van der Waals surface area contributed by atoms with Crippen LogP contribution in [0.15, 0.2) is 42.5 Å². The first-order valence-electron chi connectivity index (χ1n) is 7.96. The van der Waals surface area contributed by atoms with Crippen molar-refractivity contribution >= 4 is 35.0 Å². The average molecular weight is 417 g/mol. The number of nitrogens with one attached hydrogen (secondary N) is 2. The van der Waals surface area contributed by atoms with E-state index in [1.165, 1.54) is 13.0 Å². The molecule has 0 heterocycles. The minimum atomic E-state index is -4.64. The Morgan fingerprint density at radius 3 is 2.25 bits per heavy atom. The summed E-state index contributed by atoms with van der Waals surface area (Å²) in [6, 6.07) is 9.51. The predicted molar refractivity (Wildman–Crippen MR) is 97.7 cm³/mol. The van der Waals surface area contributed by atoms with Crippen molar-refractivity contribution in [2.24, 2.45) is 0 Å². The molecule has 150 valence electrons. The highest BCUT2D eigenvalue weighted by molar-refractivity contribution is 6.31. The van der Waals surface area contributed by atoms with E-state index < -0.39 is 22.9 Å². The molecule has 2 rings (SSSR count). The van der Waals surface area contributed by atoms with Crippen LogP contribution in [0.5, 0.6) is 5.75 Å². The van der Waals surface area contributed by atoms with Crippen molar-refractivity contribution in [3.05, 3.63) is 53.1 Å². The predicted octanol–water partition coefficient (Wildman–Crippen LogP) is 4.94. The number of carbonyl (C=O) groups excluding carboxylic acids is 2. The third-order valence-electron chi connectivity index (χ3n) is 3.28. The molecule has 0 atom stereocenters. The molecule has 28 heavy (non-hydrogen) atoms. The van der Waals surface area contributed by atoms with E-state index in [1.54, 1.807) is 24.3 Å². The van der Waals surface area contributed by atoms with Crippen molar-refractivity contribution in [3.63, 3.8) is 0 Å². The van der Waals surface area contributed by atoms with Crippen LogP contribution in [0.1, 0.15) is 12.5 Å². The normalized spacial score (nSPS) is 10.9. The lowest BCUT2D eigenvalue weighted by molar-refractivity contribution is -0.137. The van der Waals surface area contributed by atoms with Gasteiger partial charge in [-0.1, -0.05) is 11.6 Å². The summed E-state index contributed by atoms with van der Waals surface area (Å²) in [4.78, 5) is 22.6. The smallest absolute Gasteiger partial charge is 0.417 e. The molecule has 2 aromatic carbocycles. The fourth-order valence-corrected chi connectivity index (χ4v) is 2.33. The van der Waals surface area contributed by atoms with E-state index in [2.05, 4.69) is 10.6 Å². The van der Waals surface area contributed by atoms with E-state index >= 15 is 0 Å².